The molecular weight excluding hydrogens is 350 g/mol. The van der Waals surface area contributed by atoms with Crippen molar-refractivity contribution in [2.75, 3.05) is 19.6 Å². The van der Waals surface area contributed by atoms with Crippen molar-refractivity contribution >= 4 is 11.8 Å². The number of piperazine rings is 1. The zero-order valence-corrected chi connectivity index (χ0v) is 16.8. The topological polar surface area (TPSA) is 53.5 Å². The van der Waals surface area contributed by atoms with Crippen LogP contribution in [0.2, 0.25) is 0 Å². The number of carbonyl (C=O) groups excluding carboxylic acids is 2. The highest BCUT2D eigenvalue weighted by molar-refractivity contribution is 5.89. The van der Waals surface area contributed by atoms with Crippen molar-refractivity contribution in [2.45, 2.75) is 45.6 Å². The number of benzene rings is 1. The largest absolute Gasteiger partial charge is 0.339 e. The van der Waals surface area contributed by atoms with E-state index in [9.17, 15) is 9.59 Å². The maximum atomic E-state index is 13.1. The van der Waals surface area contributed by atoms with Crippen molar-refractivity contribution in [1.82, 2.24) is 14.8 Å². The number of pyridine rings is 1. The van der Waals surface area contributed by atoms with Gasteiger partial charge < -0.3 is 9.80 Å². The van der Waals surface area contributed by atoms with Gasteiger partial charge in [0.2, 0.25) is 11.8 Å². The highest BCUT2D eigenvalue weighted by atomic mass is 16.2. The smallest absolute Gasteiger partial charge is 0.245 e. The van der Waals surface area contributed by atoms with Crippen LogP contribution in [0.5, 0.6) is 0 Å². The van der Waals surface area contributed by atoms with E-state index in [1.807, 2.05) is 30.2 Å². The van der Waals surface area contributed by atoms with E-state index in [2.05, 4.69) is 36.2 Å². The molecule has 0 N–H and O–H groups in total. The second kappa shape index (κ2) is 9.49. The van der Waals surface area contributed by atoms with Crippen LogP contribution in [-0.2, 0) is 16.0 Å². The normalized spacial score (nSPS) is 17.1. The number of nitrogens with zero attached hydrogens (tertiary/aromatic N) is 3. The molecule has 1 fully saturated rings. The third-order valence-corrected chi connectivity index (χ3v) is 5.24. The fourth-order valence-electron chi connectivity index (χ4n) is 3.77. The molecule has 1 aliphatic rings. The van der Waals surface area contributed by atoms with Gasteiger partial charge in [-0.1, -0.05) is 44.2 Å². The van der Waals surface area contributed by atoms with Crippen LogP contribution in [0.4, 0.5) is 0 Å². The molecule has 2 aromatic rings. The Morgan fingerprint density at radius 2 is 1.86 bits per heavy atom. The highest BCUT2D eigenvalue weighted by Crippen LogP contribution is 2.22. The molecule has 1 saturated heterocycles. The number of amides is 2. The Labute approximate surface area is 167 Å². The van der Waals surface area contributed by atoms with Crippen molar-refractivity contribution < 1.29 is 9.59 Å². The summed E-state index contributed by atoms with van der Waals surface area (Å²) in [6.45, 7) is 6.10. The van der Waals surface area contributed by atoms with Gasteiger partial charge in [0.15, 0.2) is 0 Å². The van der Waals surface area contributed by atoms with E-state index >= 15 is 0 Å². The summed E-state index contributed by atoms with van der Waals surface area (Å²) in [6.07, 6.45) is 6.39. The van der Waals surface area contributed by atoms with Crippen LogP contribution in [0.3, 0.4) is 0 Å². The third kappa shape index (κ3) is 4.58. The first-order valence-corrected chi connectivity index (χ1v) is 10.2. The van der Waals surface area contributed by atoms with Gasteiger partial charge >= 0.3 is 0 Å². The predicted octanol–water partition coefficient (Wildman–Crippen LogP) is 3.54. The molecule has 0 saturated carbocycles. The molecule has 2 amide bonds. The van der Waals surface area contributed by atoms with Gasteiger partial charge in [0.05, 0.1) is 0 Å². The summed E-state index contributed by atoms with van der Waals surface area (Å²) in [5, 5.41) is 0. The summed E-state index contributed by atoms with van der Waals surface area (Å²) in [6, 6.07) is 11.8. The Bertz CT molecular complexity index is 789. The molecule has 1 aliphatic heterocycles. The summed E-state index contributed by atoms with van der Waals surface area (Å²) in [4.78, 5) is 33.5. The SMILES string of the molecule is CCCC(=O)N1CCN(CCC)C(=O)[C@@H]1Cc1ccc(-c2cccnc2)cc1. The molecule has 2 heterocycles. The molecule has 5 nitrogen and oxygen atoms in total. The maximum Gasteiger partial charge on any atom is 0.245 e. The van der Waals surface area contributed by atoms with E-state index in [-0.39, 0.29) is 11.8 Å². The Morgan fingerprint density at radius 3 is 2.50 bits per heavy atom. The lowest BCUT2D eigenvalue weighted by atomic mass is 9.98. The first-order valence-electron chi connectivity index (χ1n) is 10.2. The van der Waals surface area contributed by atoms with Crippen LogP contribution >= 0.6 is 0 Å². The molecule has 1 aromatic heterocycles. The lowest BCUT2D eigenvalue weighted by molar-refractivity contribution is -0.151. The van der Waals surface area contributed by atoms with E-state index in [1.165, 1.54) is 0 Å². The van der Waals surface area contributed by atoms with Crippen LogP contribution in [0, 0.1) is 0 Å². The van der Waals surface area contributed by atoms with E-state index in [0.717, 1.165) is 36.1 Å². The zero-order valence-electron chi connectivity index (χ0n) is 16.8. The second-order valence-corrected chi connectivity index (χ2v) is 7.32. The summed E-state index contributed by atoms with van der Waals surface area (Å²) >= 11 is 0. The minimum Gasteiger partial charge on any atom is -0.339 e. The second-order valence-electron chi connectivity index (χ2n) is 7.32. The molecular formula is C23H29N3O2. The number of carbonyl (C=O) groups is 2. The van der Waals surface area contributed by atoms with Crippen LogP contribution in [0.25, 0.3) is 11.1 Å². The number of rotatable bonds is 7. The van der Waals surface area contributed by atoms with Gasteiger partial charge in [-0.25, -0.2) is 0 Å². The standard InChI is InChI=1S/C23H29N3O2/c1-3-6-22(27)26-15-14-25(13-4-2)23(28)21(26)16-18-8-10-19(11-9-18)20-7-5-12-24-17-20/h5,7-12,17,21H,3-4,6,13-16H2,1-2H3/t21-/m0/s1. The van der Waals surface area contributed by atoms with Crippen molar-refractivity contribution in [2.24, 2.45) is 0 Å². The lowest BCUT2D eigenvalue weighted by Crippen LogP contribution is -2.59. The average Bonchev–Trinajstić information content (AvgIpc) is 2.72. The lowest BCUT2D eigenvalue weighted by Gasteiger charge is -2.41. The molecule has 148 valence electrons. The van der Waals surface area contributed by atoms with Gasteiger partial charge in [0, 0.05) is 44.9 Å². The van der Waals surface area contributed by atoms with Crippen molar-refractivity contribution in [3.63, 3.8) is 0 Å². The fourth-order valence-corrected chi connectivity index (χ4v) is 3.77. The first kappa shape index (κ1) is 20.1. The molecule has 0 radical (unpaired) electrons. The van der Waals surface area contributed by atoms with Crippen LogP contribution in [0.1, 0.15) is 38.7 Å². The molecule has 0 aliphatic carbocycles. The fraction of sp³-hybridized carbons (Fsp3) is 0.435. The van der Waals surface area contributed by atoms with Crippen molar-refractivity contribution in [3.05, 3.63) is 54.4 Å². The quantitative estimate of drug-likeness (QED) is 0.739. The van der Waals surface area contributed by atoms with Gasteiger partial charge in [0.1, 0.15) is 6.04 Å². The Morgan fingerprint density at radius 1 is 1.07 bits per heavy atom. The van der Waals surface area contributed by atoms with Gasteiger partial charge in [-0.3, -0.25) is 14.6 Å². The maximum absolute atomic E-state index is 13.1. The highest BCUT2D eigenvalue weighted by Gasteiger charge is 2.36. The molecule has 3 rings (SSSR count). The molecule has 5 heteroatoms. The van der Waals surface area contributed by atoms with E-state index in [1.54, 1.807) is 11.1 Å². The Kier molecular flexibility index (Phi) is 6.80. The van der Waals surface area contributed by atoms with Crippen molar-refractivity contribution in [3.8, 4) is 11.1 Å². The van der Waals surface area contributed by atoms with E-state index < -0.39 is 6.04 Å². The molecule has 1 aromatic carbocycles. The van der Waals surface area contributed by atoms with Crippen molar-refractivity contribution in [1.29, 1.82) is 0 Å². The number of aromatic nitrogens is 1. The number of hydrogen-bond donors (Lipinski definition) is 0. The average molecular weight is 380 g/mol. The molecule has 28 heavy (non-hydrogen) atoms. The monoisotopic (exact) mass is 379 g/mol. The minimum absolute atomic E-state index is 0.0777. The summed E-state index contributed by atoms with van der Waals surface area (Å²) in [5.74, 6) is 0.165. The van der Waals surface area contributed by atoms with E-state index in [0.29, 0.717) is 25.9 Å². The summed E-state index contributed by atoms with van der Waals surface area (Å²) in [5.41, 5.74) is 3.23. The van der Waals surface area contributed by atoms with Gasteiger partial charge in [-0.2, -0.15) is 0 Å². The van der Waals surface area contributed by atoms with Gasteiger partial charge in [0.25, 0.3) is 0 Å². The van der Waals surface area contributed by atoms with E-state index in [4.69, 9.17) is 0 Å². The van der Waals surface area contributed by atoms with Gasteiger partial charge in [-0.05, 0) is 35.6 Å². The molecule has 0 bridgehead atoms. The minimum atomic E-state index is -0.399. The Balaban J connectivity index is 1.79. The first-order chi connectivity index (χ1) is 13.6. The zero-order chi connectivity index (χ0) is 19.9. The Hall–Kier alpha value is -2.69. The van der Waals surface area contributed by atoms with Crippen LogP contribution < -0.4 is 0 Å². The summed E-state index contributed by atoms with van der Waals surface area (Å²) < 4.78 is 0. The van der Waals surface area contributed by atoms with Crippen LogP contribution in [-0.4, -0.2) is 52.3 Å². The molecule has 0 spiro atoms. The molecule has 0 unspecified atom stereocenters. The third-order valence-electron chi connectivity index (χ3n) is 5.24. The van der Waals surface area contributed by atoms with Crippen LogP contribution in [0.15, 0.2) is 48.8 Å². The predicted molar refractivity (Wildman–Crippen MR) is 111 cm³/mol. The van der Waals surface area contributed by atoms with Gasteiger partial charge in [-0.15, -0.1) is 0 Å². The molecule has 1 atom stereocenters. The number of hydrogen-bond acceptors (Lipinski definition) is 3. The summed E-state index contributed by atoms with van der Waals surface area (Å²) in [7, 11) is 0.